The zero-order valence-corrected chi connectivity index (χ0v) is 15.2. The number of nitrogens with two attached hydrogens (primary N) is 1. The van der Waals surface area contributed by atoms with Crippen LogP contribution in [-0.4, -0.2) is 48.0 Å². The van der Waals surface area contributed by atoms with Crippen molar-refractivity contribution < 1.29 is 9.90 Å². The zero-order chi connectivity index (χ0) is 19.1. The smallest absolute Gasteiger partial charge is 0.308 e. The van der Waals surface area contributed by atoms with Crippen LogP contribution in [0.25, 0.3) is 16.9 Å². The SMILES string of the molecule is Cc1ncc2ccc(-c3nc(N)nc(N4C[C@H](C(=O)O)CC[C@@H]4C)n3)cn12. The summed E-state index contributed by atoms with van der Waals surface area (Å²) >= 11 is 0. The summed E-state index contributed by atoms with van der Waals surface area (Å²) in [6, 6.07) is 3.99. The van der Waals surface area contributed by atoms with Crippen LogP contribution in [0.2, 0.25) is 0 Å². The van der Waals surface area contributed by atoms with Gasteiger partial charge in [0, 0.05) is 24.3 Å². The predicted molar refractivity (Wildman–Crippen MR) is 100 cm³/mol. The molecule has 1 fully saturated rings. The molecule has 1 saturated heterocycles. The number of aromatic nitrogens is 5. The molecular weight excluding hydrogens is 346 g/mol. The number of anilines is 2. The van der Waals surface area contributed by atoms with E-state index in [0.29, 0.717) is 24.7 Å². The predicted octanol–water partition coefficient (Wildman–Crippen LogP) is 1.77. The van der Waals surface area contributed by atoms with Crippen LogP contribution in [0.4, 0.5) is 11.9 Å². The highest BCUT2D eigenvalue weighted by atomic mass is 16.4. The molecule has 27 heavy (non-hydrogen) atoms. The first-order valence-electron chi connectivity index (χ1n) is 8.87. The number of carboxylic acids is 1. The molecule has 140 valence electrons. The third kappa shape index (κ3) is 3.16. The molecule has 0 saturated carbocycles. The van der Waals surface area contributed by atoms with Crippen molar-refractivity contribution in [3.8, 4) is 11.4 Å². The van der Waals surface area contributed by atoms with Gasteiger partial charge in [0.05, 0.1) is 17.6 Å². The molecule has 2 atom stereocenters. The molecule has 0 bridgehead atoms. The minimum atomic E-state index is -0.796. The van der Waals surface area contributed by atoms with E-state index in [1.807, 2.05) is 41.5 Å². The van der Waals surface area contributed by atoms with Gasteiger partial charge < -0.3 is 20.1 Å². The van der Waals surface area contributed by atoms with Crippen molar-refractivity contribution in [2.75, 3.05) is 17.2 Å². The Kier molecular flexibility index (Phi) is 4.14. The second-order valence-corrected chi connectivity index (χ2v) is 6.95. The van der Waals surface area contributed by atoms with Gasteiger partial charge >= 0.3 is 5.97 Å². The van der Waals surface area contributed by atoms with Crippen molar-refractivity contribution in [2.45, 2.75) is 32.7 Å². The Morgan fingerprint density at radius 1 is 1.26 bits per heavy atom. The van der Waals surface area contributed by atoms with Crippen LogP contribution in [0.3, 0.4) is 0 Å². The van der Waals surface area contributed by atoms with Crippen molar-refractivity contribution in [3.63, 3.8) is 0 Å². The van der Waals surface area contributed by atoms with E-state index in [9.17, 15) is 9.90 Å². The van der Waals surface area contributed by atoms with Crippen molar-refractivity contribution in [1.29, 1.82) is 0 Å². The number of nitrogen functional groups attached to an aromatic ring is 1. The van der Waals surface area contributed by atoms with Gasteiger partial charge in [-0.05, 0) is 38.8 Å². The van der Waals surface area contributed by atoms with Crippen molar-refractivity contribution in [1.82, 2.24) is 24.3 Å². The summed E-state index contributed by atoms with van der Waals surface area (Å²) in [6.07, 6.45) is 5.12. The first-order valence-corrected chi connectivity index (χ1v) is 8.87. The number of hydrogen-bond acceptors (Lipinski definition) is 7. The normalized spacial score (nSPS) is 20.1. The van der Waals surface area contributed by atoms with Crippen molar-refractivity contribution >= 4 is 23.4 Å². The van der Waals surface area contributed by atoms with Crippen molar-refractivity contribution in [2.24, 2.45) is 5.92 Å². The number of aliphatic carboxylic acids is 1. The molecule has 0 spiro atoms. The second kappa shape index (κ2) is 6.49. The number of imidazole rings is 1. The van der Waals surface area contributed by atoms with Gasteiger partial charge in [0.15, 0.2) is 5.82 Å². The Morgan fingerprint density at radius 3 is 2.85 bits per heavy atom. The molecule has 4 heterocycles. The number of carboxylic acid groups (broad SMARTS) is 1. The number of hydrogen-bond donors (Lipinski definition) is 2. The zero-order valence-electron chi connectivity index (χ0n) is 15.2. The van der Waals surface area contributed by atoms with Gasteiger partial charge in [-0.15, -0.1) is 0 Å². The molecule has 1 aliphatic rings. The number of pyridine rings is 1. The highest BCUT2D eigenvalue weighted by molar-refractivity contribution is 5.71. The molecule has 9 heteroatoms. The summed E-state index contributed by atoms with van der Waals surface area (Å²) in [5, 5.41) is 9.37. The summed E-state index contributed by atoms with van der Waals surface area (Å²) in [6.45, 7) is 4.32. The van der Waals surface area contributed by atoms with Crippen LogP contribution in [0, 0.1) is 12.8 Å². The lowest BCUT2D eigenvalue weighted by Gasteiger charge is -2.36. The van der Waals surface area contributed by atoms with E-state index in [4.69, 9.17) is 5.73 Å². The van der Waals surface area contributed by atoms with E-state index >= 15 is 0 Å². The Morgan fingerprint density at radius 2 is 2.07 bits per heavy atom. The van der Waals surface area contributed by atoms with E-state index in [2.05, 4.69) is 19.9 Å². The van der Waals surface area contributed by atoms with Crippen LogP contribution in [-0.2, 0) is 4.79 Å². The standard InChI is InChI=1S/C18H21N7O2/c1-10-3-4-13(16(26)27)9-24(10)18-22-15(21-17(19)23-18)12-5-6-14-7-20-11(2)25(14)8-12/h5-8,10,13H,3-4,9H2,1-2H3,(H,26,27)(H2,19,21,22,23)/t10-,13+/m0/s1. The fourth-order valence-electron chi connectivity index (χ4n) is 3.48. The van der Waals surface area contributed by atoms with Gasteiger partial charge in [0.2, 0.25) is 11.9 Å². The first kappa shape index (κ1) is 17.2. The van der Waals surface area contributed by atoms with E-state index in [1.165, 1.54) is 0 Å². The van der Waals surface area contributed by atoms with E-state index in [-0.39, 0.29) is 12.0 Å². The van der Waals surface area contributed by atoms with E-state index in [1.54, 1.807) is 6.20 Å². The fraction of sp³-hybridized carbons (Fsp3) is 0.389. The van der Waals surface area contributed by atoms with Crippen LogP contribution in [0.5, 0.6) is 0 Å². The molecule has 0 aromatic carbocycles. The Balaban J connectivity index is 1.74. The summed E-state index contributed by atoms with van der Waals surface area (Å²) in [7, 11) is 0. The third-order valence-electron chi connectivity index (χ3n) is 5.10. The first-order chi connectivity index (χ1) is 12.9. The number of aryl methyl sites for hydroxylation is 1. The molecular formula is C18H21N7O2. The quantitative estimate of drug-likeness (QED) is 0.718. The molecule has 3 N–H and O–H groups in total. The minimum Gasteiger partial charge on any atom is -0.481 e. The number of piperidine rings is 1. The molecule has 9 nitrogen and oxygen atoms in total. The number of fused-ring (bicyclic) bond motifs is 1. The van der Waals surface area contributed by atoms with Crippen LogP contribution in [0.15, 0.2) is 24.5 Å². The van der Waals surface area contributed by atoms with Crippen LogP contribution < -0.4 is 10.6 Å². The molecule has 0 aliphatic carbocycles. The van der Waals surface area contributed by atoms with Gasteiger partial charge in [0.1, 0.15) is 5.82 Å². The topological polar surface area (TPSA) is 123 Å². The number of rotatable bonds is 3. The van der Waals surface area contributed by atoms with Gasteiger partial charge in [-0.2, -0.15) is 15.0 Å². The maximum Gasteiger partial charge on any atom is 0.308 e. The molecule has 3 aromatic heterocycles. The lowest BCUT2D eigenvalue weighted by molar-refractivity contribution is -0.142. The van der Waals surface area contributed by atoms with Gasteiger partial charge in [-0.3, -0.25) is 4.79 Å². The maximum atomic E-state index is 11.4. The Labute approximate surface area is 155 Å². The average molecular weight is 367 g/mol. The monoisotopic (exact) mass is 367 g/mol. The summed E-state index contributed by atoms with van der Waals surface area (Å²) in [5.41, 5.74) is 7.71. The molecule has 3 aromatic rings. The van der Waals surface area contributed by atoms with Gasteiger partial charge in [0.25, 0.3) is 0 Å². The number of nitrogens with zero attached hydrogens (tertiary/aromatic N) is 6. The Hall–Kier alpha value is -3.23. The summed E-state index contributed by atoms with van der Waals surface area (Å²) in [5.74, 6) is 0.614. The average Bonchev–Trinajstić information content (AvgIpc) is 3.02. The fourth-order valence-corrected chi connectivity index (χ4v) is 3.48. The third-order valence-corrected chi connectivity index (χ3v) is 5.10. The highest BCUT2D eigenvalue weighted by Gasteiger charge is 2.31. The van der Waals surface area contributed by atoms with Crippen molar-refractivity contribution in [3.05, 3.63) is 30.4 Å². The van der Waals surface area contributed by atoms with Gasteiger partial charge in [-0.25, -0.2) is 4.98 Å². The summed E-state index contributed by atoms with van der Waals surface area (Å²) in [4.78, 5) is 30.7. The maximum absolute atomic E-state index is 11.4. The van der Waals surface area contributed by atoms with E-state index < -0.39 is 11.9 Å². The lowest BCUT2D eigenvalue weighted by Crippen LogP contribution is -2.45. The summed E-state index contributed by atoms with van der Waals surface area (Å²) < 4.78 is 1.96. The van der Waals surface area contributed by atoms with Gasteiger partial charge in [-0.1, -0.05) is 0 Å². The number of carbonyl (C=O) groups is 1. The second-order valence-electron chi connectivity index (χ2n) is 6.95. The molecule has 4 rings (SSSR count). The molecule has 0 unspecified atom stereocenters. The minimum absolute atomic E-state index is 0.113. The van der Waals surface area contributed by atoms with Crippen LogP contribution in [0.1, 0.15) is 25.6 Å². The molecule has 0 amide bonds. The van der Waals surface area contributed by atoms with Crippen LogP contribution >= 0.6 is 0 Å². The van der Waals surface area contributed by atoms with E-state index in [0.717, 1.165) is 23.3 Å². The Bertz CT molecular complexity index is 1020. The highest BCUT2D eigenvalue weighted by Crippen LogP contribution is 2.27. The lowest BCUT2D eigenvalue weighted by atomic mass is 9.94. The molecule has 1 aliphatic heterocycles. The largest absolute Gasteiger partial charge is 0.481 e. The molecule has 0 radical (unpaired) electrons.